The Morgan fingerprint density at radius 1 is 0.409 bits per heavy atom. The molecule has 0 saturated carbocycles. The van der Waals surface area contributed by atoms with Crippen molar-refractivity contribution in [1.29, 1.82) is 0 Å². The van der Waals surface area contributed by atoms with Crippen molar-refractivity contribution in [3.63, 3.8) is 0 Å². The van der Waals surface area contributed by atoms with Crippen LogP contribution in [0.2, 0.25) is 0 Å². The van der Waals surface area contributed by atoms with Crippen molar-refractivity contribution in [2.24, 2.45) is 0 Å². The molecule has 0 atom stereocenters. The lowest BCUT2D eigenvalue weighted by molar-refractivity contribution is 1.16. The van der Waals surface area contributed by atoms with E-state index in [1.807, 2.05) is 23.5 Å². The lowest BCUT2D eigenvalue weighted by Gasteiger charge is -2.12. The van der Waals surface area contributed by atoms with E-state index in [4.69, 9.17) is 9.97 Å². The summed E-state index contributed by atoms with van der Waals surface area (Å²) < 4.78 is 5.00. The Bertz CT molecular complexity index is 2430. The van der Waals surface area contributed by atoms with Crippen molar-refractivity contribution >= 4 is 53.3 Å². The maximum atomic E-state index is 5.09. The van der Waals surface area contributed by atoms with Gasteiger partial charge in [0.1, 0.15) is 0 Å². The van der Waals surface area contributed by atoms with Crippen LogP contribution in [-0.2, 0) is 0 Å². The molecule has 206 valence electrons. The van der Waals surface area contributed by atoms with Crippen molar-refractivity contribution in [2.75, 3.05) is 0 Å². The molecule has 0 N–H and O–H groups in total. The quantitative estimate of drug-likeness (QED) is 0.208. The first kappa shape index (κ1) is 25.0. The van der Waals surface area contributed by atoms with E-state index in [9.17, 15) is 0 Å². The molecule has 0 amide bonds. The minimum absolute atomic E-state index is 0.708. The van der Waals surface area contributed by atoms with Gasteiger partial charge in [0.15, 0.2) is 5.82 Å². The fourth-order valence-corrected chi connectivity index (χ4v) is 7.46. The molecule has 0 bridgehead atoms. The van der Waals surface area contributed by atoms with Gasteiger partial charge >= 0.3 is 0 Å². The SMILES string of the molecule is c1ccc(-c2cc(-c3ccccc3)nc(-c3cccc(-n4c5ccccc5c5cc6c(cc54)sc4ccccc46)c3)n2)cc1. The minimum atomic E-state index is 0.708. The lowest BCUT2D eigenvalue weighted by Crippen LogP contribution is -1.98. The lowest BCUT2D eigenvalue weighted by atomic mass is 10.1. The molecule has 0 fully saturated rings. The highest BCUT2D eigenvalue weighted by atomic mass is 32.1. The zero-order valence-electron chi connectivity index (χ0n) is 23.7. The van der Waals surface area contributed by atoms with Gasteiger partial charge in [0.05, 0.1) is 22.4 Å². The highest BCUT2D eigenvalue weighted by Gasteiger charge is 2.17. The maximum absolute atomic E-state index is 5.09. The van der Waals surface area contributed by atoms with Crippen molar-refractivity contribution < 1.29 is 0 Å². The second-order valence-electron chi connectivity index (χ2n) is 11.1. The number of benzene rings is 6. The molecule has 44 heavy (non-hydrogen) atoms. The summed E-state index contributed by atoms with van der Waals surface area (Å²) in [7, 11) is 0. The van der Waals surface area contributed by atoms with E-state index in [1.54, 1.807) is 0 Å². The van der Waals surface area contributed by atoms with Crippen LogP contribution < -0.4 is 0 Å². The number of fused-ring (bicyclic) bond motifs is 6. The Morgan fingerprint density at radius 2 is 1.05 bits per heavy atom. The Balaban J connectivity index is 1.27. The molecule has 4 heteroatoms. The van der Waals surface area contributed by atoms with Crippen molar-refractivity contribution in [2.45, 2.75) is 0 Å². The molecule has 6 aromatic carbocycles. The third-order valence-corrected chi connectivity index (χ3v) is 9.53. The second-order valence-corrected chi connectivity index (χ2v) is 12.1. The summed E-state index contributed by atoms with van der Waals surface area (Å²) in [5, 5.41) is 5.14. The summed E-state index contributed by atoms with van der Waals surface area (Å²) in [6.45, 7) is 0. The van der Waals surface area contributed by atoms with E-state index in [2.05, 4.69) is 144 Å². The molecule has 3 nitrogen and oxygen atoms in total. The number of nitrogens with zero attached hydrogens (tertiary/aromatic N) is 3. The Hall–Kier alpha value is -5.58. The minimum Gasteiger partial charge on any atom is -0.309 e. The van der Waals surface area contributed by atoms with Gasteiger partial charge in [-0.3, -0.25) is 0 Å². The molecular weight excluding hydrogens is 555 g/mol. The monoisotopic (exact) mass is 579 g/mol. The highest BCUT2D eigenvalue weighted by molar-refractivity contribution is 7.25. The molecule has 9 rings (SSSR count). The van der Waals surface area contributed by atoms with Crippen LogP contribution in [0.3, 0.4) is 0 Å². The van der Waals surface area contributed by atoms with E-state index in [1.165, 1.54) is 42.0 Å². The first-order valence-electron chi connectivity index (χ1n) is 14.8. The van der Waals surface area contributed by atoms with Crippen LogP contribution in [0.25, 0.3) is 81.6 Å². The summed E-state index contributed by atoms with van der Waals surface area (Å²) in [6, 6.07) is 53.5. The fourth-order valence-electron chi connectivity index (χ4n) is 6.34. The second kappa shape index (κ2) is 10.0. The number of aromatic nitrogens is 3. The summed E-state index contributed by atoms with van der Waals surface area (Å²) >= 11 is 1.86. The fraction of sp³-hybridized carbons (Fsp3) is 0. The van der Waals surface area contributed by atoms with Crippen LogP contribution in [0.4, 0.5) is 0 Å². The Kier molecular flexibility index (Phi) is 5.68. The van der Waals surface area contributed by atoms with Crippen molar-refractivity contribution in [1.82, 2.24) is 14.5 Å². The number of para-hydroxylation sites is 1. The molecule has 3 aromatic heterocycles. The van der Waals surface area contributed by atoms with Gasteiger partial charge in [0.2, 0.25) is 0 Å². The molecular formula is C40H25N3S. The molecule has 0 spiro atoms. The maximum Gasteiger partial charge on any atom is 0.160 e. The van der Waals surface area contributed by atoms with Gasteiger partial charge in [-0.25, -0.2) is 9.97 Å². The topological polar surface area (TPSA) is 30.7 Å². The van der Waals surface area contributed by atoms with E-state index in [0.717, 1.165) is 33.8 Å². The summed E-state index contributed by atoms with van der Waals surface area (Å²) in [6.07, 6.45) is 0. The largest absolute Gasteiger partial charge is 0.309 e. The molecule has 3 heterocycles. The number of hydrogen-bond acceptors (Lipinski definition) is 3. The normalized spacial score (nSPS) is 11.6. The van der Waals surface area contributed by atoms with Gasteiger partial charge in [0, 0.05) is 53.3 Å². The van der Waals surface area contributed by atoms with Crippen LogP contribution in [-0.4, -0.2) is 14.5 Å². The van der Waals surface area contributed by atoms with Crippen LogP contribution >= 0.6 is 11.3 Å². The van der Waals surface area contributed by atoms with Crippen LogP contribution in [0, 0.1) is 0 Å². The summed E-state index contributed by atoms with van der Waals surface area (Å²) in [4.78, 5) is 10.2. The smallest absolute Gasteiger partial charge is 0.160 e. The molecule has 0 aliphatic carbocycles. The number of hydrogen-bond donors (Lipinski definition) is 0. The van der Waals surface area contributed by atoms with E-state index in [0.29, 0.717) is 5.82 Å². The number of rotatable bonds is 4. The zero-order chi connectivity index (χ0) is 29.0. The average Bonchev–Trinajstić information content (AvgIpc) is 3.62. The van der Waals surface area contributed by atoms with Crippen LogP contribution in [0.5, 0.6) is 0 Å². The summed E-state index contributed by atoms with van der Waals surface area (Å²) in [5.41, 5.74) is 8.40. The van der Waals surface area contributed by atoms with E-state index >= 15 is 0 Å². The summed E-state index contributed by atoms with van der Waals surface area (Å²) in [5.74, 6) is 0.708. The van der Waals surface area contributed by atoms with Crippen LogP contribution in [0.15, 0.2) is 152 Å². The third-order valence-electron chi connectivity index (χ3n) is 8.40. The Labute approximate surface area is 258 Å². The highest BCUT2D eigenvalue weighted by Crippen LogP contribution is 2.41. The molecule has 0 aliphatic rings. The van der Waals surface area contributed by atoms with Gasteiger partial charge < -0.3 is 4.57 Å². The average molecular weight is 580 g/mol. The van der Waals surface area contributed by atoms with E-state index < -0.39 is 0 Å². The van der Waals surface area contributed by atoms with E-state index in [-0.39, 0.29) is 0 Å². The Morgan fingerprint density at radius 3 is 1.80 bits per heavy atom. The van der Waals surface area contributed by atoms with Gasteiger partial charge in [-0.15, -0.1) is 11.3 Å². The van der Waals surface area contributed by atoms with Gasteiger partial charge in [-0.05, 0) is 42.5 Å². The predicted octanol–water partition coefficient (Wildman–Crippen LogP) is 10.9. The first-order valence-corrected chi connectivity index (χ1v) is 15.6. The molecule has 0 unspecified atom stereocenters. The van der Waals surface area contributed by atoms with Crippen molar-refractivity contribution in [3.05, 3.63) is 152 Å². The van der Waals surface area contributed by atoms with Crippen molar-refractivity contribution in [3.8, 4) is 39.6 Å². The standard InChI is InChI=1S/C40H25N3S/c1-3-12-26(13-4-1)34-24-35(27-14-5-2-6-15-27)42-40(41-34)28-16-11-17-29(22-28)43-36-20-9-7-18-30(36)32-23-33-31-19-8-10-21-38(31)44-39(33)25-37(32)43/h1-25H. The van der Waals surface area contributed by atoms with Gasteiger partial charge in [0.25, 0.3) is 0 Å². The molecule has 0 radical (unpaired) electrons. The zero-order valence-corrected chi connectivity index (χ0v) is 24.5. The molecule has 0 saturated heterocycles. The van der Waals surface area contributed by atoms with Gasteiger partial charge in [-0.2, -0.15) is 0 Å². The predicted molar refractivity (Wildman–Crippen MR) is 186 cm³/mol. The molecule has 0 aliphatic heterocycles. The third kappa shape index (κ3) is 4.03. The molecule has 9 aromatic rings. The van der Waals surface area contributed by atoms with Gasteiger partial charge in [-0.1, -0.05) is 109 Å². The van der Waals surface area contributed by atoms with Crippen LogP contribution in [0.1, 0.15) is 0 Å². The number of thiophene rings is 1. The first-order chi connectivity index (χ1) is 21.8.